The number of likely N-dealkylation sites (tertiary alicyclic amines) is 1. The number of anilines is 1. The number of aromatic nitrogens is 1. The van der Waals surface area contributed by atoms with E-state index in [4.69, 9.17) is 9.94 Å². The molecule has 1 aliphatic rings. The Bertz CT molecular complexity index is 803. The van der Waals surface area contributed by atoms with Crippen molar-refractivity contribution in [1.82, 2.24) is 15.4 Å². The summed E-state index contributed by atoms with van der Waals surface area (Å²) in [4.78, 5) is 17.8. The Balaban J connectivity index is 0.00000210. The molecule has 1 fully saturated rings. The number of rotatable bonds is 7. The molecular formula is C20H26Cl2N4O3. The van der Waals surface area contributed by atoms with Gasteiger partial charge in [0.25, 0.3) is 5.91 Å². The molecule has 3 rings (SSSR count). The van der Waals surface area contributed by atoms with E-state index in [1.807, 2.05) is 30.3 Å². The number of halogens is 2. The van der Waals surface area contributed by atoms with Gasteiger partial charge in [-0.15, -0.1) is 24.8 Å². The van der Waals surface area contributed by atoms with Crippen molar-refractivity contribution in [3.05, 3.63) is 59.8 Å². The lowest BCUT2D eigenvalue weighted by atomic mass is 10.2. The van der Waals surface area contributed by atoms with Crippen molar-refractivity contribution in [3.63, 3.8) is 0 Å². The van der Waals surface area contributed by atoms with Crippen LogP contribution in [0.4, 0.5) is 5.82 Å². The van der Waals surface area contributed by atoms with E-state index in [2.05, 4.69) is 21.3 Å². The second-order valence-corrected chi connectivity index (χ2v) is 6.46. The molecule has 3 N–H and O–H groups in total. The first kappa shape index (κ1) is 24.7. The SMILES string of the molecule is COc1ccccc1CN1CC[C@@H](Nc2ccc(C=CC(=O)NO)cn2)C1.Cl.Cl. The number of pyridine rings is 1. The molecule has 0 saturated carbocycles. The van der Waals surface area contributed by atoms with E-state index in [-0.39, 0.29) is 24.8 Å². The van der Waals surface area contributed by atoms with Crippen molar-refractivity contribution >= 4 is 42.6 Å². The van der Waals surface area contributed by atoms with Crippen LogP contribution in [0.1, 0.15) is 17.5 Å². The van der Waals surface area contributed by atoms with Crippen LogP contribution in [0.15, 0.2) is 48.7 Å². The quantitative estimate of drug-likeness (QED) is 0.348. The minimum atomic E-state index is -0.571. The number of carbonyl (C=O) groups excluding carboxylic acids is 1. The Morgan fingerprint density at radius 1 is 1.31 bits per heavy atom. The molecule has 1 atom stereocenters. The Kier molecular flexibility index (Phi) is 10.5. The molecule has 1 amide bonds. The number of hydrogen-bond acceptors (Lipinski definition) is 6. The summed E-state index contributed by atoms with van der Waals surface area (Å²) in [5.74, 6) is 1.16. The summed E-state index contributed by atoms with van der Waals surface area (Å²) in [6, 6.07) is 12.2. The highest BCUT2D eigenvalue weighted by atomic mass is 35.5. The smallest absolute Gasteiger partial charge is 0.267 e. The Hall–Kier alpha value is -2.32. The van der Waals surface area contributed by atoms with Crippen LogP contribution in [0.3, 0.4) is 0 Å². The second kappa shape index (κ2) is 12.3. The molecule has 1 aromatic carbocycles. The number of hydrogen-bond donors (Lipinski definition) is 3. The van der Waals surface area contributed by atoms with Gasteiger partial charge in [0, 0.05) is 43.5 Å². The number of ether oxygens (including phenoxy) is 1. The van der Waals surface area contributed by atoms with Crippen LogP contribution in [-0.4, -0.2) is 47.2 Å². The summed E-state index contributed by atoms with van der Waals surface area (Å²) in [7, 11) is 1.70. The van der Waals surface area contributed by atoms with E-state index in [0.717, 1.165) is 43.2 Å². The van der Waals surface area contributed by atoms with Crippen LogP contribution in [0.2, 0.25) is 0 Å². The number of carbonyl (C=O) groups is 1. The molecule has 29 heavy (non-hydrogen) atoms. The Morgan fingerprint density at radius 3 is 2.79 bits per heavy atom. The third-order valence-corrected chi connectivity index (χ3v) is 4.53. The first-order valence-electron chi connectivity index (χ1n) is 8.87. The third kappa shape index (κ3) is 7.21. The van der Waals surface area contributed by atoms with Crippen molar-refractivity contribution in [2.24, 2.45) is 0 Å². The van der Waals surface area contributed by atoms with E-state index in [0.29, 0.717) is 6.04 Å². The largest absolute Gasteiger partial charge is 0.496 e. The summed E-state index contributed by atoms with van der Waals surface area (Å²) in [6.07, 6.45) is 5.57. The van der Waals surface area contributed by atoms with Gasteiger partial charge in [-0.25, -0.2) is 10.5 Å². The Labute approximate surface area is 182 Å². The average Bonchev–Trinajstić information content (AvgIpc) is 3.14. The molecule has 0 radical (unpaired) electrons. The molecule has 0 unspecified atom stereocenters. The minimum Gasteiger partial charge on any atom is -0.496 e. The number of benzene rings is 1. The number of nitrogens with zero attached hydrogens (tertiary/aromatic N) is 2. The van der Waals surface area contributed by atoms with E-state index >= 15 is 0 Å². The minimum absolute atomic E-state index is 0. The predicted octanol–water partition coefficient (Wildman–Crippen LogP) is 3.14. The lowest BCUT2D eigenvalue weighted by Crippen LogP contribution is -2.26. The maximum Gasteiger partial charge on any atom is 0.267 e. The lowest BCUT2D eigenvalue weighted by Gasteiger charge is -2.18. The molecule has 2 aromatic rings. The molecular weight excluding hydrogens is 415 g/mol. The molecule has 9 heteroatoms. The number of methoxy groups -OCH3 is 1. The molecule has 0 bridgehead atoms. The molecule has 0 spiro atoms. The zero-order valence-corrected chi connectivity index (χ0v) is 17.7. The predicted molar refractivity (Wildman–Crippen MR) is 118 cm³/mol. The van der Waals surface area contributed by atoms with E-state index in [1.54, 1.807) is 24.9 Å². The monoisotopic (exact) mass is 440 g/mol. The van der Waals surface area contributed by atoms with Crippen molar-refractivity contribution < 1.29 is 14.7 Å². The molecule has 2 heterocycles. The number of para-hydroxylation sites is 1. The van der Waals surface area contributed by atoms with E-state index < -0.39 is 5.91 Å². The van der Waals surface area contributed by atoms with Crippen LogP contribution >= 0.6 is 24.8 Å². The summed E-state index contributed by atoms with van der Waals surface area (Å²) < 4.78 is 5.43. The average molecular weight is 441 g/mol. The van der Waals surface area contributed by atoms with Gasteiger partial charge >= 0.3 is 0 Å². The van der Waals surface area contributed by atoms with Crippen LogP contribution in [0.25, 0.3) is 6.08 Å². The molecule has 1 aromatic heterocycles. The van der Waals surface area contributed by atoms with Gasteiger partial charge in [-0.2, -0.15) is 0 Å². The lowest BCUT2D eigenvalue weighted by molar-refractivity contribution is -0.124. The maximum absolute atomic E-state index is 11.0. The zero-order valence-electron chi connectivity index (χ0n) is 16.1. The highest BCUT2D eigenvalue weighted by Crippen LogP contribution is 2.22. The fourth-order valence-corrected chi connectivity index (χ4v) is 3.18. The van der Waals surface area contributed by atoms with Gasteiger partial charge in [0.1, 0.15) is 11.6 Å². The fourth-order valence-electron chi connectivity index (χ4n) is 3.18. The first-order chi connectivity index (χ1) is 13.2. The topological polar surface area (TPSA) is 86.7 Å². The highest BCUT2D eigenvalue weighted by Gasteiger charge is 2.23. The summed E-state index contributed by atoms with van der Waals surface area (Å²) in [6.45, 7) is 2.83. The van der Waals surface area contributed by atoms with Gasteiger partial charge in [0.2, 0.25) is 0 Å². The van der Waals surface area contributed by atoms with Crippen LogP contribution in [0, 0.1) is 0 Å². The fraction of sp³-hybridized carbons (Fsp3) is 0.300. The van der Waals surface area contributed by atoms with E-state index in [9.17, 15) is 4.79 Å². The van der Waals surface area contributed by atoms with Gasteiger partial charge in [-0.3, -0.25) is 14.9 Å². The molecule has 158 valence electrons. The van der Waals surface area contributed by atoms with Crippen LogP contribution in [0.5, 0.6) is 5.75 Å². The van der Waals surface area contributed by atoms with Gasteiger partial charge in [-0.1, -0.05) is 18.2 Å². The zero-order chi connectivity index (χ0) is 19.1. The van der Waals surface area contributed by atoms with E-state index in [1.165, 1.54) is 11.6 Å². The van der Waals surface area contributed by atoms with Crippen molar-refractivity contribution in [2.45, 2.75) is 19.0 Å². The van der Waals surface area contributed by atoms with Gasteiger partial charge < -0.3 is 10.1 Å². The molecule has 7 nitrogen and oxygen atoms in total. The first-order valence-corrected chi connectivity index (χ1v) is 8.87. The number of hydroxylamine groups is 1. The van der Waals surface area contributed by atoms with Crippen molar-refractivity contribution in [1.29, 1.82) is 0 Å². The maximum atomic E-state index is 11.0. The van der Waals surface area contributed by atoms with Gasteiger partial charge in [0.05, 0.1) is 7.11 Å². The van der Waals surface area contributed by atoms with Crippen molar-refractivity contribution in [2.75, 3.05) is 25.5 Å². The number of amides is 1. The standard InChI is InChI=1S/C20H24N4O3.2ClH/c1-27-18-5-3-2-4-16(18)13-24-11-10-17(14-24)22-19-8-6-15(12-21-19)7-9-20(25)23-26;;/h2-9,12,17,26H,10-11,13-14H2,1H3,(H,21,22)(H,23,25);2*1H/t17-;;/m1../s1. The van der Waals surface area contributed by atoms with Crippen LogP contribution < -0.4 is 15.5 Å². The number of nitrogens with one attached hydrogen (secondary N) is 2. The molecule has 0 aliphatic carbocycles. The summed E-state index contributed by atoms with van der Waals surface area (Å²) in [5, 5.41) is 11.9. The normalized spacial score (nSPS) is 16.0. The van der Waals surface area contributed by atoms with Crippen LogP contribution in [-0.2, 0) is 11.3 Å². The highest BCUT2D eigenvalue weighted by molar-refractivity contribution is 5.90. The summed E-state index contributed by atoms with van der Waals surface area (Å²) in [5.41, 5.74) is 3.53. The summed E-state index contributed by atoms with van der Waals surface area (Å²) >= 11 is 0. The third-order valence-electron chi connectivity index (χ3n) is 4.53. The Morgan fingerprint density at radius 2 is 2.10 bits per heavy atom. The van der Waals surface area contributed by atoms with Gasteiger partial charge in [-0.05, 0) is 36.3 Å². The molecule has 1 aliphatic heterocycles. The van der Waals surface area contributed by atoms with Gasteiger partial charge in [0.15, 0.2) is 0 Å². The molecule has 1 saturated heterocycles. The van der Waals surface area contributed by atoms with Crippen molar-refractivity contribution in [3.8, 4) is 5.75 Å². The second-order valence-electron chi connectivity index (χ2n) is 6.46.